The van der Waals surface area contributed by atoms with Crippen LogP contribution >= 0.6 is 0 Å². The summed E-state index contributed by atoms with van der Waals surface area (Å²) in [6.07, 6.45) is 5.28. The molecule has 1 aliphatic rings. The second kappa shape index (κ2) is 7.19. The number of carboxylic acid groups (broad SMARTS) is 1. The van der Waals surface area contributed by atoms with E-state index < -0.39 is 5.97 Å². The Hall–Kier alpha value is -2.47. The highest BCUT2D eigenvalue weighted by Crippen LogP contribution is 2.17. The molecule has 0 atom stereocenters. The van der Waals surface area contributed by atoms with Crippen LogP contribution in [-0.4, -0.2) is 39.0 Å². The molecule has 23 heavy (non-hydrogen) atoms. The lowest BCUT2D eigenvalue weighted by molar-refractivity contribution is 0.0690. The third-order valence-corrected chi connectivity index (χ3v) is 4.04. The molecule has 6 heteroatoms. The average Bonchev–Trinajstić information content (AvgIpc) is 3.07. The third-order valence-electron chi connectivity index (χ3n) is 4.04. The van der Waals surface area contributed by atoms with Gasteiger partial charge >= 0.3 is 5.97 Å². The van der Waals surface area contributed by atoms with E-state index in [1.807, 2.05) is 6.07 Å². The number of nitrogens with one attached hydrogen (secondary N) is 1. The molecule has 0 unspecified atom stereocenters. The van der Waals surface area contributed by atoms with Crippen molar-refractivity contribution in [2.24, 2.45) is 0 Å². The van der Waals surface area contributed by atoms with Gasteiger partial charge in [-0.1, -0.05) is 24.3 Å². The van der Waals surface area contributed by atoms with E-state index in [4.69, 9.17) is 5.11 Å². The van der Waals surface area contributed by atoms with Gasteiger partial charge in [0.2, 0.25) is 0 Å². The van der Waals surface area contributed by atoms with Crippen LogP contribution in [0.5, 0.6) is 0 Å². The van der Waals surface area contributed by atoms with Gasteiger partial charge in [-0.05, 0) is 37.1 Å². The van der Waals surface area contributed by atoms with Crippen molar-refractivity contribution in [1.82, 2.24) is 14.9 Å². The maximum absolute atomic E-state index is 10.8. The summed E-state index contributed by atoms with van der Waals surface area (Å²) in [5, 5.41) is 12.0. The van der Waals surface area contributed by atoms with Crippen LogP contribution in [0, 0.1) is 0 Å². The fourth-order valence-electron chi connectivity index (χ4n) is 2.78. The smallest absolute Gasteiger partial charge is 0.356 e. The number of rotatable bonds is 6. The molecule has 0 bridgehead atoms. The number of aromatic nitrogens is 2. The van der Waals surface area contributed by atoms with Gasteiger partial charge in [-0.3, -0.25) is 4.90 Å². The molecule has 6 nitrogen and oxygen atoms in total. The molecule has 0 amide bonds. The predicted octanol–water partition coefficient (Wildman–Crippen LogP) is 2.38. The van der Waals surface area contributed by atoms with Gasteiger partial charge in [-0.25, -0.2) is 14.8 Å². The zero-order valence-corrected chi connectivity index (χ0v) is 12.9. The minimum atomic E-state index is -1.07. The van der Waals surface area contributed by atoms with E-state index in [-0.39, 0.29) is 5.69 Å². The number of nitrogens with zero attached hydrogens (tertiary/aromatic N) is 3. The van der Waals surface area contributed by atoms with Gasteiger partial charge in [-0.2, -0.15) is 0 Å². The van der Waals surface area contributed by atoms with Crippen molar-refractivity contribution in [3.8, 4) is 0 Å². The van der Waals surface area contributed by atoms with E-state index in [1.54, 1.807) is 0 Å². The molecule has 120 valence electrons. The number of carboxylic acids is 1. The number of carbonyl (C=O) groups is 1. The molecule has 0 radical (unpaired) electrons. The fraction of sp³-hybridized carbons (Fsp3) is 0.353. The van der Waals surface area contributed by atoms with Crippen molar-refractivity contribution in [1.29, 1.82) is 0 Å². The number of likely N-dealkylation sites (tertiary alicyclic amines) is 1. The molecular weight excluding hydrogens is 292 g/mol. The van der Waals surface area contributed by atoms with Crippen LogP contribution in [0.2, 0.25) is 0 Å². The van der Waals surface area contributed by atoms with E-state index in [1.165, 1.54) is 49.5 Å². The Kier molecular flexibility index (Phi) is 4.83. The van der Waals surface area contributed by atoms with E-state index in [2.05, 4.69) is 38.4 Å². The molecule has 1 fully saturated rings. The number of hydrogen-bond donors (Lipinski definition) is 2. The molecule has 0 spiro atoms. The summed E-state index contributed by atoms with van der Waals surface area (Å²) in [5.41, 5.74) is 2.49. The number of benzene rings is 1. The quantitative estimate of drug-likeness (QED) is 0.852. The third kappa shape index (κ3) is 4.04. The Labute approximate surface area is 135 Å². The van der Waals surface area contributed by atoms with Gasteiger partial charge in [0, 0.05) is 13.1 Å². The average molecular weight is 312 g/mol. The maximum atomic E-state index is 10.8. The second-order valence-corrected chi connectivity index (χ2v) is 5.70. The van der Waals surface area contributed by atoms with E-state index in [9.17, 15) is 4.79 Å². The SMILES string of the molecule is O=C(O)c1cnc(NCc2ccccc2CN2CCCC2)cn1. The Morgan fingerprint density at radius 3 is 2.52 bits per heavy atom. The first kappa shape index (κ1) is 15.4. The lowest BCUT2D eigenvalue weighted by atomic mass is 10.1. The lowest BCUT2D eigenvalue weighted by Crippen LogP contribution is -2.19. The van der Waals surface area contributed by atoms with Crippen molar-refractivity contribution in [2.75, 3.05) is 18.4 Å². The second-order valence-electron chi connectivity index (χ2n) is 5.70. The summed E-state index contributed by atoms with van der Waals surface area (Å²) in [6.45, 7) is 3.96. The highest BCUT2D eigenvalue weighted by Gasteiger charge is 2.13. The standard InChI is InChI=1S/C17H20N4O2/c22-17(23)15-10-20-16(11-18-15)19-9-13-5-1-2-6-14(13)12-21-7-3-4-8-21/h1-2,5-6,10-11H,3-4,7-9,12H2,(H,19,20)(H,22,23). The van der Waals surface area contributed by atoms with Crippen LogP contribution in [0.3, 0.4) is 0 Å². The number of anilines is 1. The van der Waals surface area contributed by atoms with Crippen LogP contribution in [0.1, 0.15) is 34.5 Å². The molecule has 2 N–H and O–H groups in total. The summed E-state index contributed by atoms with van der Waals surface area (Å²) < 4.78 is 0. The first-order valence-electron chi connectivity index (χ1n) is 7.81. The maximum Gasteiger partial charge on any atom is 0.356 e. The molecule has 0 saturated carbocycles. The molecule has 1 saturated heterocycles. The van der Waals surface area contributed by atoms with Gasteiger partial charge < -0.3 is 10.4 Å². The monoisotopic (exact) mass is 312 g/mol. The summed E-state index contributed by atoms with van der Waals surface area (Å²) in [6, 6.07) is 8.37. The highest BCUT2D eigenvalue weighted by molar-refractivity contribution is 5.84. The largest absolute Gasteiger partial charge is 0.476 e. The van der Waals surface area contributed by atoms with Crippen molar-refractivity contribution >= 4 is 11.8 Å². The Balaban J connectivity index is 1.64. The van der Waals surface area contributed by atoms with Crippen LogP contribution in [0.25, 0.3) is 0 Å². The minimum absolute atomic E-state index is 0.0509. The summed E-state index contributed by atoms with van der Waals surface area (Å²) in [4.78, 5) is 21.2. The van der Waals surface area contributed by atoms with Crippen LogP contribution in [-0.2, 0) is 13.1 Å². The van der Waals surface area contributed by atoms with Crippen molar-refractivity contribution in [3.63, 3.8) is 0 Å². The molecule has 3 rings (SSSR count). The van der Waals surface area contributed by atoms with E-state index >= 15 is 0 Å². The minimum Gasteiger partial charge on any atom is -0.476 e. The summed E-state index contributed by atoms with van der Waals surface area (Å²) >= 11 is 0. The normalized spacial score (nSPS) is 14.8. The van der Waals surface area contributed by atoms with Gasteiger partial charge in [0.15, 0.2) is 5.69 Å². The Morgan fingerprint density at radius 2 is 1.87 bits per heavy atom. The van der Waals surface area contributed by atoms with Crippen molar-refractivity contribution in [2.45, 2.75) is 25.9 Å². The molecule has 2 heterocycles. The summed E-state index contributed by atoms with van der Waals surface area (Å²) in [5.74, 6) is -0.494. The molecule has 1 aliphatic heterocycles. The Morgan fingerprint density at radius 1 is 1.13 bits per heavy atom. The zero-order valence-electron chi connectivity index (χ0n) is 12.9. The molecule has 0 aliphatic carbocycles. The van der Waals surface area contributed by atoms with E-state index in [0.717, 1.165) is 6.54 Å². The van der Waals surface area contributed by atoms with Gasteiger partial charge in [0.1, 0.15) is 5.82 Å². The van der Waals surface area contributed by atoms with Gasteiger partial charge in [0.05, 0.1) is 12.4 Å². The fourth-order valence-corrected chi connectivity index (χ4v) is 2.78. The zero-order chi connectivity index (χ0) is 16.1. The van der Waals surface area contributed by atoms with Gasteiger partial charge in [0.25, 0.3) is 0 Å². The van der Waals surface area contributed by atoms with Crippen LogP contribution in [0.4, 0.5) is 5.82 Å². The van der Waals surface area contributed by atoms with E-state index in [0.29, 0.717) is 12.4 Å². The van der Waals surface area contributed by atoms with Crippen molar-refractivity contribution in [3.05, 3.63) is 53.5 Å². The van der Waals surface area contributed by atoms with Gasteiger partial charge in [-0.15, -0.1) is 0 Å². The molecule has 1 aromatic carbocycles. The highest BCUT2D eigenvalue weighted by atomic mass is 16.4. The first-order chi connectivity index (χ1) is 11.2. The molecule has 2 aromatic rings. The first-order valence-corrected chi connectivity index (χ1v) is 7.81. The number of aromatic carboxylic acids is 1. The summed E-state index contributed by atoms with van der Waals surface area (Å²) in [7, 11) is 0. The lowest BCUT2D eigenvalue weighted by Gasteiger charge is -2.17. The topological polar surface area (TPSA) is 78.3 Å². The molecular formula is C17H20N4O2. The Bertz CT molecular complexity index is 667. The van der Waals surface area contributed by atoms with Crippen LogP contribution < -0.4 is 5.32 Å². The van der Waals surface area contributed by atoms with Crippen LogP contribution in [0.15, 0.2) is 36.7 Å². The number of hydrogen-bond acceptors (Lipinski definition) is 5. The molecule has 1 aromatic heterocycles. The van der Waals surface area contributed by atoms with Crippen molar-refractivity contribution < 1.29 is 9.90 Å². The predicted molar refractivity (Wildman–Crippen MR) is 87.3 cm³/mol.